The lowest BCUT2D eigenvalue weighted by atomic mass is 9.89. The summed E-state index contributed by atoms with van der Waals surface area (Å²) in [7, 11) is 0. The van der Waals surface area contributed by atoms with Gasteiger partial charge in [-0.25, -0.2) is 0 Å². The van der Waals surface area contributed by atoms with E-state index in [-0.39, 0.29) is 11.3 Å². The minimum atomic E-state index is -0.324. The lowest BCUT2D eigenvalue weighted by molar-refractivity contribution is -0.124. The van der Waals surface area contributed by atoms with E-state index in [1.165, 1.54) is 0 Å². The van der Waals surface area contributed by atoms with Crippen LogP contribution in [-0.2, 0) is 4.79 Å². The molecule has 0 unspecified atom stereocenters. The molecule has 0 fully saturated rings. The standard InChI is InChI=1S/C12H16BrNO/c1-4-12(2,3)11(15)14-10-8-6-5-7-9(10)13/h5-8H,4H2,1-3H3,(H,14,15). The predicted octanol–water partition coefficient (Wildman–Crippen LogP) is 3.82. The highest BCUT2D eigenvalue weighted by Gasteiger charge is 2.25. The van der Waals surface area contributed by atoms with Crippen molar-refractivity contribution in [2.24, 2.45) is 5.41 Å². The molecule has 0 aliphatic rings. The molecule has 0 aliphatic heterocycles. The molecule has 0 atom stereocenters. The molecule has 0 aliphatic carbocycles. The average molecular weight is 270 g/mol. The van der Waals surface area contributed by atoms with Gasteiger partial charge >= 0.3 is 0 Å². The maximum absolute atomic E-state index is 11.9. The van der Waals surface area contributed by atoms with Crippen LogP contribution in [0.25, 0.3) is 0 Å². The van der Waals surface area contributed by atoms with Crippen LogP contribution in [0.2, 0.25) is 0 Å². The van der Waals surface area contributed by atoms with E-state index >= 15 is 0 Å². The molecular formula is C12H16BrNO. The van der Waals surface area contributed by atoms with Crippen molar-refractivity contribution in [3.05, 3.63) is 28.7 Å². The van der Waals surface area contributed by atoms with E-state index in [2.05, 4.69) is 21.2 Å². The van der Waals surface area contributed by atoms with Gasteiger partial charge in [-0.1, -0.05) is 32.9 Å². The number of benzene rings is 1. The maximum atomic E-state index is 11.9. The Kier molecular flexibility index (Phi) is 3.91. The SMILES string of the molecule is CCC(C)(C)C(=O)Nc1ccccc1Br. The van der Waals surface area contributed by atoms with Crippen LogP contribution < -0.4 is 5.32 Å². The van der Waals surface area contributed by atoms with Crippen molar-refractivity contribution in [1.82, 2.24) is 0 Å². The number of hydrogen-bond donors (Lipinski definition) is 1. The Bertz CT molecular complexity index is 360. The number of carbonyl (C=O) groups excluding carboxylic acids is 1. The number of halogens is 1. The Morgan fingerprint density at radius 2 is 2.00 bits per heavy atom. The van der Waals surface area contributed by atoms with E-state index in [0.29, 0.717) is 0 Å². The number of amides is 1. The van der Waals surface area contributed by atoms with Gasteiger partial charge in [0.25, 0.3) is 0 Å². The molecule has 0 radical (unpaired) electrons. The van der Waals surface area contributed by atoms with Crippen molar-refractivity contribution in [2.75, 3.05) is 5.32 Å². The zero-order valence-electron chi connectivity index (χ0n) is 9.30. The Morgan fingerprint density at radius 3 is 2.53 bits per heavy atom. The van der Waals surface area contributed by atoms with Crippen LogP contribution >= 0.6 is 15.9 Å². The molecule has 0 aromatic heterocycles. The number of nitrogens with one attached hydrogen (secondary N) is 1. The molecule has 82 valence electrons. The lowest BCUT2D eigenvalue weighted by Crippen LogP contribution is -2.30. The molecule has 1 rings (SSSR count). The molecule has 1 amide bonds. The summed E-state index contributed by atoms with van der Waals surface area (Å²) in [6, 6.07) is 7.62. The van der Waals surface area contributed by atoms with Gasteiger partial charge in [0, 0.05) is 9.89 Å². The summed E-state index contributed by atoms with van der Waals surface area (Å²) >= 11 is 3.40. The van der Waals surface area contributed by atoms with Crippen molar-refractivity contribution in [1.29, 1.82) is 0 Å². The second kappa shape index (κ2) is 4.79. The quantitative estimate of drug-likeness (QED) is 0.888. The zero-order valence-corrected chi connectivity index (χ0v) is 10.9. The zero-order chi connectivity index (χ0) is 11.5. The van der Waals surface area contributed by atoms with Gasteiger partial charge in [0.15, 0.2) is 0 Å². The molecule has 0 heterocycles. The molecule has 1 aromatic carbocycles. The largest absolute Gasteiger partial charge is 0.325 e. The minimum Gasteiger partial charge on any atom is -0.325 e. The fraction of sp³-hybridized carbons (Fsp3) is 0.417. The summed E-state index contributed by atoms with van der Waals surface area (Å²) in [5, 5.41) is 2.92. The third kappa shape index (κ3) is 3.06. The number of hydrogen-bond acceptors (Lipinski definition) is 1. The Balaban J connectivity index is 2.80. The minimum absolute atomic E-state index is 0.0527. The molecule has 0 saturated heterocycles. The molecule has 3 heteroatoms. The highest BCUT2D eigenvalue weighted by molar-refractivity contribution is 9.10. The van der Waals surface area contributed by atoms with E-state index < -0.39 is 0 Å². The fourth-order valence-corrected chi connectivity index (χ4v) is 1.40. The summed E-state index contributed by atoms with van der Waals surface area (Å²) in [6.07, 6.45) is 0.823. The summed E-state index contributed by atoms with van der Waals surface area (Å²) < 4.78 is 0.908. The lowest BCUT2D eigenvalue weighted by Gasteiger charge is -2.21. The van der Waals surface area contributed by atoms with Crippen LogP contribution in [0, 0.1) is 5.41 Å². The van der Waals surface area contributed by atoms with Gasteiger partial charge in [-0.05, 0) is 34.5 Å². The summed E-state index contributed by atoms with van der Waals surface area (Å²) in [5.74, 6) is 0.0527. The van der Waals surface area contributed by atoms with E-state index in [0.717, 1.165) is 16.6 Å². The highest BCUT2D eigenvalue weighted by Crippen LogP contribution is 2.26. The van der Waals surface area contributed by atoms with Crippen LogP contribution in [0.1, 0.15) is 27.2 Å². The number of rotatable bonds is 3. The Labute approximate surface area is 99.2 Å². The van der Waals surface area contributed by atoms with Gasteiger partial charge < -0.3 is 5.32 Å². The first-order valence-electron chi connectivity index (χ1n) is 5.03. The van der Waals surface area contributed by atoms with Crippen LogP contribution in [0.5, 0.6) is 0 Å². The Hall–Kier alpha value is -0.830. The van der Waals surface area contributed by atoms with Gasteiger partial charge in [-0.3, -0.25) is 4.79 Å². The molecule has 1 N–H and O–H groups in total. The molecule has 1 aromatic rings. The maximum Gasteiger partial charge on any atom is 0.230 e. The predicted molar refractivity (Wildman–Crippen MR) is 66.8 cm³/mol. The molecular weight excluding hydrogens is 254 g/mol. The van der Waals surface area contributed by atoms with E-state index in [1.54, 1.807) is 0 Å². The van der Waals surface area contributed by atoms with Crippen molar-refractivity contribution in [2.45, 2.75) is 27.2 Å². The molecule has 15 heavy (non-hydrogen) atoms. The highest BCUT2D eigenvalue weighted by atomic mass is 79.9. The first-order valence-corrected chi connectivity index (χ1v) is 5.82. The molecule has 0 spiro atoms. The van der Waals surface area contributed by atoms with Crippen molar-refractivity contribution in [3.8, 4) is 0 Å². The molecule has 0 saturated carbocycles. The van der Waals surface area contributed by atoms with Gasteiger partial charge in [-0.15, -0.1) is 0 Å². The van der Waals surface area contributed by atoms with Crippen LogP contribution in [0.3, 0.4) is 0 Å². The normalized spacial score (nSPS) is 11.2. The second-order valence-corrected chi connectivity index (χ2v) is 5.03. The fourth-order valence-electron chi connectivity index (χ4n) is 1.01. The van der Waals surface area contributed by atoms with Gasteiger partial charge in [0.1, 0.15) is 0 Å². The summed E-state index contributed by atoms with van der Waals surface area (Å²) in [6.45, 7) is 5.90. The number of carbonyl (C=O) groups is 1. The first-order chi connectivity index (χ1) is 6.97. The smallest absolute Gasteiger partial charge is 0.230 e. The average Bonchev–Trinajstić information content (AvgIpc) is 2.21. The summed E-state index contributed by atoms with van der Waals surface area (Å²) in [4.78, 5) is 11.9. The number of para-hydroxylation sites is 1. The van der Waals surface area contributed by atoms with Crippen molar-refractivity contribution < 1.29 is 4.79 Å². The van der Waals surface area contributed by atoms with Crippen molar-refractivity contribution in [3.63, 3.8) is 0 Å². The van der Waals surface area contributed by atoms with E-state index in [1.807, 2.05) is 45.0 Å². The third-order valence-electron chi connectivity index (χ3n) is 2.62. The Morgan fingerprint density at radius 1 is 1.40 bits per heavy atom. The van der Waals surface area contributed by atoms with Gasteiger partial charge in [-0.2, -0.15) is 0 Å². The molecule has 2 nitrogen and oxygen atoms in total. The van der Waals surface area contributed by atoms with Crippen molar-refractivity contribution >= 4 is 27.5 Å². The van der Waals surface area contributed by atoms with Crippen LogP contribution in [0.15, 0.2) is 28.7 Å². The van der Waals surface area contributed by atoms with Gasteiger partial charge in [0.2, 0.25) is 5.91 Å². The third-order valence-corrected chi connectivity index (χ3v) is 3.31. The van der Waals surface area contributed by atoms with Gasteiger partial charge in [0.05, 0.1) is 5.69 Å². The van der Waals surface area contributed by atoms with Crippen LogP contribution in [-0.4, -0.2) is 5.91 Å². The molecule has 0 bridgehead atoms. The first kappa shape index (κ1) is 12.2. The monoisotopic (exact) mass is 269 g/mol. The topological polar surface area (TPSA) is 29.1 Å². The second-order valence-electron chi connectivity index (χ2n) is 4.17. The number of anilines is 1. The van der Waals surface area contributed by atoms with Crippen LogP contribution in [0.4, 0.5) is 5.69 Å². The van der Waals surface area contributed by atoms with E-state index in [9.17, 15) is 4.79 Å². The summed E-state index contributed by atoms with van der Waals surface area (Å²) in [5.41, 5.74) is 0.499. The van der Waals surface area contributed by atoms with E-state index in [4.69, 9.17) is 0 Å².